The molecule has 8 nitrogen and oxygen atoms in total. The van der Waals surface area contributed by atoms with E-state index in [9.17, 15) is 4.79 Å². The summed E-state index contributed by atoms with van der Waals surface area (Å²) in [6.45, 7) is 0.442. The number of fused-ring (bicyclic) bond motifs is 1. The van der Waals surface area contributed by atoms with Crippen LogP contribution in [0.2, 0.25) is 5.02 Å². The van der Waals surface area contributed by atoms with Crippen LogP contribution in [-0.2, 0) is 16.0 Å². The lowest BCUT2D eigenvalue weighted by molar-refractivity contribution is -0.179. The van der Waals surface area contributed by atoms with Crippen LogP contribution in [0.1, 0.15) is 11.4 Å². The quantitative estimate of drug-likeness (QED) is 0.519. The lowest BCUT2D eigenvalue weighted by Gasteiger charge is -2.19. The van der Waals surface area contributed by atoms with Gasteiger partial charge in [0.25, 0.3) is 5.56 Å². The molecule has 0 unspecified atom stereocenters. The number of aromatic nitrogens is 3. The summed E-state index contributed by atoms with van der Waals surface area (Å²) in [5, 5.41) is 4.92. The van der Waals surface area contributed by atoms with Gasteiger partial charge < -0.3 is 14.4 Å². The highest BCUT2D eigenvalue weighted by molar-refractivity contribution is 6.33. The Morgan fingerprint density at radius 3 is 2.26 bits per heavy atom. The summed E-state index contributed by atoms with van der Waals surface area (Å²) < 4.78 is 12.9. The molecule has 168 valence electrons. The maximum Gasteiger partial charge on any atom is 0.280 e. The summed E-state index contributed by atoms with van der Waals surface area (Å²) in [6, 6.07) is 11.5. The van der Waals surface area contributed by atoms with Gasteiger partial charge in [0.15, 0.2) is 5.82 Å². The van der Waals surface area contributed by atoms with Gasteiger partial charge in [0.05, 0.1) is 11.6 Å². The van der Waals surface area contributed by atoms with Crippen LogP contribution < -0.4 is 5.56 Å². The third-order valence-corrected chi connectivity index (χ3v) is 4.59. The summed E-state index contributed by atoms with van der Waals surface area (Å²) in [5.74, 6) is 0.576. The van der Waals surface area contributed by atoms with E-state index in [-0.39, 0.29) is 12.0 Å². The molecule has 0 fully saturated rings. The molecule has 0 amide bonds. The zero-order valence-corrected chi connectivity index (χ0v) is 19.6. The Kier molecular flexibility index (Phi) is 9.26. The van der Waals surface area contributed by atoms with Gasteiger partial charge in [-0.1, -0.05) is 41.9 Å². The molecule has 0 aliphatic carbocycles. The number of hydrogen-bond donors (Lipinski definition) is 0. The molecule has 0 radical (unpaired) electrons. The molecule has 0 aliphatic heterocycles. The minimum Gasteiger partial charge on any atom is -0.383 e. The van der Waals surface area contributed by atoms with Crippen LogP contribution in [0.25, 0.3) is 11.6 Å². The lowest BCUT2D eigenvalue weighted by Crippen LogP contribution is -2.30. The van der Waals surface area contributed by atoms with Crippen LogP contribution in [0, 0.1) is 0 Å². The van der Waals surface area contributed by atoms with E-state index in [1.807, 2.05) is 80.6 Å². The summed E-state index contributed by atoms with van der Waals surface area (Å²) in [4.78, 5) is 16.6. The lowest BCUT2D eigenvalue weighted by atomic mass is 10.2. The van der Waals surface area contributed by atoms with E-state index >= 15 is 0 Å². The number of hydrogen-bond acceptors (Lipinski definition) is 6. The van der Waals surface area contributed by atoms with E-state index in [1.54, 1.807) is 31.0 Å². The van der Waals surface area contributed by atoms with E-state index in [2.05, 4.69) is 5.10 Å². The van der Waals surface area contributed by atoms with Crippen molar-refractivity contribution in [1.29, 1.82) is 0 Å². The number of methoxy groups -OCH3 is 2. The normalized spacial score (nSPS) is 11.4. The van der Waals surface area contributed by atoms with Gasteiger partial charge in [0, 0.05) is 40.7 Å². The molecule has 0 atom stereocenters. The minimum absolute atomic E-state index is 0.155. The van der Waals surface area contributed by atoms with E-state index < -0.39 is 0 Å². The second-order valence-corrected chi connectivity index (χ2v) is 7.62. The van der Waals surface area contributed by atoms with Crippen LogP contribution in [0.3, 0.4) is 0 Å². The van der Waals surface area contributed by atoms with Crippen LogP contribution in [0.4, 0.5) is 0 Å². The van der Waals surface area contributed by atoms with Gasteiger partial charge in [-0.2, -0.15) is 0 Å². The second kappa shape index (κ2) is 11.7. The Balaban J connectivity index is 0.000000366. The molecule has 3 aromatic rings. The first-order valence-electron chi connectivity index (χ1n) is 9.66. The molecule has 0 spiro atoms. The number of benzene rings is 1. The fraction of sp³-hybridized carbons (Fsp3) is 0.364. The van der Waals surface area contributed by atoms with Gasteiger partial charge in [0.2, 0.25) is 6.41 Å². The smallest absolute Gasteiger partial charge is 0.280 e. The van der Waals surface area contributed by atoms with Crippen molar-refractivity contribution >= 4 is 23.2 Å². The van der Waals surface area contributed by atoms with Crippen molar-refractivity contribution in [2.75, 3.05) is 42.4 Å². The van der Waals surface area contributed by atoms with Crippen molar-refractivity contribution < 1.29 is 9.47 Å². The van der Waals surface area contributed by atoms with Gasteiger partial charge in [-0.05, 0) is 31.8 Å². The third kappa shape index (κ3) is 6.67. The predicted molar refractivity (Wildman–Crippen MR) is 124 cm³/mol. The average Bonchev–Trinajstić information content (AvgIpc) is 3.11. The van der Waals surface area contributed by atoms with Gasteiger partial charge in [-0.3, -0.25) is 14.3 Å². The molecule has 9 heteroatoms. The minimum atomic E-state index is -0.213. The summed E-state index contributed by atoms with van der Waals surface area (Å²) in [5.41, 5.74) is 1.27. The Morgan fingerprint density at radius 1 is 1.10 bits per heavy atom. The molecule has 3 rings (SSSR count). The van der Waals surface area contributed by atoms with Crippen LogP contribution in [-0.4, -0.2) is 72.8 Å². The summed E-state index contributed by atoms with van der Waals surface area (Å²) in [7, 11) is 10.8. The van der Waals surface area contributed by atoms with E-state index in [1.165, 1.54) is 4.52 Å². The van der Waals surface area contributed by atoms with Gasteiger partial charge in [0.1, 0.15) is 5.52 Å². The first kappa shape index (κ1) is 24.6. The van der Waals surface area contributed by atoms with E-state index in [0.29, 0.717) is 22.9 Å². The van der Waals surface area contributed by atoms with Crippen molar-refractivity contribution in [2.45, 2.75) is 13.0 Å². The molecule has 31 heavy (non-hydrogen) atoms. The maximum absolute atomic E-state index is 12.9. The van der Waals surface area contributed by atoms with Gasteiger partial charge in [-0.15, -0.1) is 5.10 Å². The SMILES string of the molecule is CN(C)C=Cc1nn2ccc(Cl)c2c(=O)n1Cc1ccccc1.COC(OC)N(C)C. The standard InChI is InChI=1S/C17H17ClN4O.C5H13NO2/c1-20(2)10-9-15-19-22-11-8-14(18)16(22)17(23)21(15)12-13-6-4-3-5-7-13;1-6(2)5(7-3)8-4/h3-11H,12H2,1-2H3;5H,1-4H3. The third-order valence-electron chi connectivity index (χ3n) is 4.28. The van der Waals surface area contributed by atoms with Crippen molar-refractivity contribution in [3.05, 3.63) is 75.6 Å². The monoisotopic (exact) mass is 447 g/mol. The topological polar surface area (TPSA) is 64.2 Å². The van der Waals surface area contributed by atoms with Crippen LogP contribution in [0.15, 0.2) is 53.6 Å². The van der Waals surface area contributed by atoms with Crippen LogP contribution >= 0.6 is 11.6 Å². The van der Waals surface area contributed by atoms with E-state index in [4.69, 9.17) is 21.1 Å². The molecule has 0 bridgehead atoms. The molecule has 2 heterocycles. The zero-order valence-electron chi connectivity index (χ0n) is 18.8. The first-order valence-corrected chi connectivity index (χ1v) is 10.0. The Labute approximate surface area is 187 Å². The maximum atomic E-state index is 12.9. The highest BCUT2D eigenvalue weighted by Crippen LogP contribution is 2.15. The summed E-state index contributed by atoms with van der Waals surface area (Å²) >= 11 is 6.13. The van der Waals surface area contributed by atoms with Crippen LogP contribution in [0.5, 0.6) is 0 Å². The molecule has 1 aromatic carbocycles. The molecule has 0 N–H and O–H groups in total. The summed E-state index contributed by atoms with van der Waals surface area (Å²) in [6.07, 6.45) is 5.16. The number of rotatable bonds is 7. The molecule has 2 aromatic heterocycles. The second-order valence-electron chi connectivity index (χ2n) is 7.21. The van der Waals surface area contributed by atoms with Crippen molar-refractivity contribution in [3.63, 3.8) is 0 Å². The highest BCUT2D eigenvalue weighted by Gasteiger charge is 2.13. The van der Waals surface area contributed by atoms with Crippen molar-refractivity contribution in [1.82, 2.24) is 24.0 Å². The fourth-order valence-corrected chi connectivity index (χ4v) is 3.08. The van der Waals surface area contributed by atoms with Gasteiger partial charge >= 0.3 is 0 Å². The zero-order chi connectivity index (χ0) is 23.0. The molecule has 0 aliphatic rings. The molecule has 0 saturated carbocycles. The van der Waals surface area contributed by atoms with Gasteiger partial charge in [-0.25, -0.2) is 4.52 Å². The fourth-order valence-electron chi connectivity index (χ4n) is 2.85. The number of ether oxygens (including phenoxy) is 2. The Morgan fingerprint density at radius 2 is 1.74 bits per heavy atom. The Bertz CT molecular complexity index is 1040. The molecular formula is C22H30ClN5O3. The first-order chi connectivity index (χ1) is 14.8. The number of nitrogens with zero attached hydrogens (tertiary/aromatic N) is 5. The number of halogens is 1. The highest BCUT2D eigenvalue weighted by atomic mass is 35.5. The molecule has 0 saturated heterocycles. The van der Waals surface area contributed by atoms with E-state index in [0.717, 1.165) is 5.56 Å². The Hall–Kier alpha value is -2.65. The predicted octanol–water partition coefficient (Wildman–Crippen LogP) is 2.85. The molecular weight excluding hydrogens is 418 g/mol. The average molecular weight is 448 g/mol. The largest absolute Gasteiger partial charge is 0.383 e. The van der Waals surface area contributed by atoms with Crippen molar-refractivity contribution in [2.24, 2.45) is 0 Å². The van der Waals surface area contributed by atoms with Crippen molar-refractivity contribution in [3.8, 4) is 0 Å².